The third-order valence-electron chi connectivity index (χ3n) is 9.67. The van der Waals surface area contributed by atoms with Crippen molar-refractivity contribution in [2.24, 2.45) is 0 Å². The molecule has 3 heteroatoms. The summed E-state index contributed by atoms with van der Waals surface area (Å²) in [4.78, 5) is 6.20. The fourth-order valence-electron chi connectivity index (χ4n) is 7.30. The lowest BCUT2D eigenvalue weighted by molar-refractivity contribution is 1.01. The molecule has 9 rings (SSSR count). The van der Waals surface area contributed by atoms with E-state index in [1.54, 1.807) is 0 Å². The smallest absolute Gasteiger partial charge is 0.0640 e. The standard InChI is InChI=1S/C48H36N2S/c1-5-17-35(18-6-1)37-31-38(36-19-7-2-8-20-36)33-43(32-37)49(39-21-9-3-10-22-39)41-25-15-26-42(34-41)50(40-23-11-4-12-24-40)46-29-16-28-45-44-27-13-14-30-47(44)51-48(45)46/h1-12,14-26,28-34H,13,27H2. The van der Waals surface area contributed by atoms with Gasteiger partial charge in [-0.1, -0.05) is 121 Å². The fraction of sp³-hybridized carbons (Fsp3) is 0.0417. The van der Waals surface area contributed by atoms with Crippen molar-refractivity contribution in [2.45, 2.75) is 12.8 Å². The summed E-state index contributed by atoms with van der Waals surface area (Å²) >= 11 is 1.91. The number of hydrogen-bond donors (Lipinski definition) is 0. The number of aryl methyl sites for hydroxylation is 1. The summed E-state index contributed by atoms with van der Waals surface area (Å²) in [6, 6.07) is 65.6. The zero-order chi connectivity index (χ0) is 34.0. The van der Waals surface area contributed by atoms with E-state index in [4.69, 9.17) is 0 Å². The molecule has 1 aliphatic rings. The number of hydrogen-bond acceptors (Lipinski definition) is 3. The molecule has 8 aromatic rings. The van der Waals surface area contributed by atoms with Crippen LogP contribution in [0.25, 0.3) is 38.4 Å². The Bertz CT molecular complexity index is 2410. The topological polar surface area (TPSA) is 6.48 Å². The van der Waals surface area contributed by atoms with Crippen molar-refractivity contribution >= 4 is 61.6 Å². The van der Waals surface area contributed by atoms with E-state index in [2.05, 4.69) is 204 Å². The van der Waals surface area contributed by atoms with Gasteiger partial charge in [-0.25, -0.2) is 0 Å². The maximum Gasteiger partial charge on any atom is 0.0640 e. The van der Waals surface area contributed by atoms with Crippen LogP contribution in [0.5, 0.6) is 0 Å². The van der Waals surface area contributed by atoms with E-state index in [9.17, 15) is 0 Å². The lowest BCUT2D eigenvalue weighted by atomic mass is 9.97. The third-order valence-corrected chi connectivity index (χ3v) is 10.9. The van der Waals surface area contributed by atoms with Gasteiger partial charge in [-0.05, 0) is 119 Å². The first-order valence-corrected chi connectivity index (χ1v) is 18.4. The second kappa shape index (κ2) is 13.6. The molecule has 1 aromatic heterocycles. The van der Waals surface area contributed by atoms with Crippen molar-refractivity contribution in [1.29, 1.82) is 0 Å². The molecule has 0 amide bonds. The number of fused-ring (bicyclic) bond motifs is 3. The summed E-state index contributed by atoms with van der Waals surface area (Å²) in [5.74, 6) is 0. The SMILES string of the molecule is C1=Cc2sc3c(N(c4ccccc4)c4cccc(N(c5ccccc5)c5cc(-c6ccccc6)cc(-c6ccccc6)c5)c4)cccc3c2CC1. The average Bonchev–Trinajstić information content (AvgIpc) is 3.59. The van der Waals surface area contributed by atoms with Gasteiger partial charge in [0.25, 0.3) is 0 Å². The Balaban J connectivity index is 1.24. The van der Waals surface area contributed by atoms with Gasteiger partial charge in [-0.15, -0.1) is 11.3 Å². The summed E-state index contributed by atoms with van der Waals surface area (Å²) in [7, 11) is 0. The van der Waals surface area contributed by atoms with Crippen LogP contribution in [0, 0.1) is 0 Å². The van der Waals surface area contributed by atoms with Gasteiger partial charge in [0.05, 0.1) is 10.4 Å². The Morgan fingerprint density at radius 2 is 0.941 bits per heavy atom. The highest BCUT2D eigenvalue weighted by atomic mass is 32.1. The minimum Gasteiger partial charge on any atom is -0.310 e. The Morgan fingerprint density at radius 3 is 1.57 bits per heavy atom. The summed E-state index contributed by atoms with van der Waals surface area (Å²) in [5.41, 5.74) is 12.9. The van der Waals surface area contributed by atoms with Crippen LogP contribution in [0.4, 0.5) is 34.1 Å². The normalized spacial score (nSPS) is 12.1. The molecule has 0 radical (unpaired) electrons. The van der Waals surface area contributed by atoms with E-state index in [1.807, 2.05) is 11.3 Å². The highest BCUT2D eigenvalue weighted by Crippen LogP contribution is 2.47. The van der Waals surface area contributed by atoms with Crippen molar-refractivity contribution < 1.29 is 0 Å². The van der Waals surface area contributed by atoms with Gasteiger partial charge in [-0.2, -0.15) is 0 Å². The quantitative estimate of drug-likeness (QED) is 0.158. The molecule has 0 atom stereocenters. The molecule has 0 saturated carbocycles. The molecule has 1 aliphatic carbocycles. The molecule has 0 bridgehead atoms. The van der Waals surface area contributed by atoms with Gasteiger partial charge in [0, 0.05) is 33.3 Å². The van der Waals surface area contributed by atoms with Crippen LogP contribution in [-0.4, -0.2) is 0 Å². The molecule has 244 valence electrons. The van der Waals surface area contributed by atoms with E-state index < -0.39 is 0 Å². The maximum atomic E-state index is 2.43. The summed E-state index contributed by atoms with van der Waals surface area (Å²) < 4.78 is 1.33. The molecular weight excluding hydrogens is 637 g/mol. The predicted molar refractivity (Wildman–Crippen MR) is 219 cm³/mol. The lowest BCUT2D eigenvalue weighted by Gasteiger charge is -2.30. The Morgan fingerprint density at radius 1 is 0.412 bits per heavy atom. The fourth-order valence-corrected chi connectivity index (χ4v) is 8.58. The van der Waals surface area contributed by atoms with Crippen molar-refractivity contribution in [1.82, 2.24) is 0 Å². The van der Waals surface area contributed by atoms with E-state index in [-0.39, 0.29) is 0 Å². The zero-order valence-corrected chi connectivity index (χ0v) is 29.0. The van der Waals surface area contributed by atoms with E-state index in [0.717, 1.165) is 41.3 Å². The number of anilines is 6. The second-order valence-electron chi connectivity index (χ2n) is 12.9. The number of allylic oxidation sites excluding steroid dienone is 1. The third kappa shape index (κ3) is 6.03. The monoisotopic (exact) mass is 672 g/mol. The van der Waals surface area contributed by atoms with Crippen molar-refractivity contribution in [3.8, 4) is 22.3 Å². The van der Waals surface area contributed by atoms with Gasteiger partial charge >= 0.3 is 0 Å². The predicted octanol–water partition coefficient (Wildman–Crippen LogP) is 14.1. The zero-order valence-electron chi connectivity index (χ0n) is 28.2. The summed E-state index contributed by atoms with van der Waals surface area (Å²) in [5, 5.41) is 1.37. The number of rotatable bonds is 8. The van der Waals surface area contributed by atoms with Crippen molar-refractivity contribution in [3.63, 3.8) is 0 Å². The van der Waals surface area contributed by atoms with Crippen LogP contribution in [-0.2, 0) is 6.42 Å². The van der Waals surface area contributed by atoms with Crippen LogP contribution in [0.15, 0.2) is 188 Å². The summed E-state index contributed by atoms with van der Waals surface area (Å²) in [6.45, 7) is 0. The molecule has 51 heavy (non-hydrogen) atoms. The number of thiophene rings is 1. The lowest BCUT2D eigenvalue weighted by Crippen LogP contribution is -2.13. The van der Waals surface area contributed by atoms with Crippen molar-refractivity contribution in [3.05, 3.63) is 199 Å². The summed E-state index contributed by atoms with van der Waals surface area (Å²) in [6.07, 6.45) is 6.81. The molecule has 0 spiro atoms. The first-order chi connectivity index (χ1) is 25.3. The van der Waals surface area contributed by atoms with E-state index in [0.29, 0.717) is 0 Å². The molecule has 0 aliphatic heterocycles. The molecule has 0 saturated heterocycles. The van der Waals surface area contributed by atoms with E-state index in [1.165, 1.54) is 48.5 Å². The van der Waals surface area contributed by atoms with Crippen LogP contribution in [0.3, 0.4) is 0 Å². The van der Waals surface area contributed by atoms with Crippen molar-refractivity contribution in [2.75, 3.05) is 9.80 Å². The molecule has 1 heterocycles. The van der Waals surface area contributed by atoms with Gasteiger partial charge < -0.3 is 9.80 Å². The minimum atomic E-state index is 1.09. The van der Waals surface area contributed by atoms with E-state index >= 15 is 0 Å². The molecule has 2 nitrogen and oxygen atoms in total. The van der Waals surface area contributed by atoms with Gasteiger partial charge in [0.2, 0.25) is 0 Å². The molecule has 0 fully saturated rings. The molecular formula is C48H36N2S. The molecule has 0 N–H and O–H groups in total. The van der Waals surface area contributed by atoms with Crippen LogP contribution in [0.2, 0.25) is 0 Å². The van der Waals surface area contributed by atoms with Gasteiger partial charge in [0.15, 0.2) is 0 Å². The second-order valence-corrected chi connectivity index (χ2v) is 14.0. The van der Waals surface area contributed by atoms with Crippen LogP contribution in [0.1, 0.15) is 16.9 Å². The first-order valence-electron chi connectivity index (χ1n) is 17.6. The van der Waals surface area contributed by atoms with Gasteiger partial charge in [-0.3, -0.25) is 0 Å². The maximum absolute atomic E-state index is 2.43. The van der Waals surface area contributed by atoms with Crippen LogP contribution >= 0.6 is 11.3 Å². The van der Waals surface area contributed by atoms with Gasteiger partial charge in [0.1, 0.15) is 0 Å². The molecule has 0 unspecified atom stereocenters. The van der Waals surface area contributed by atoms with Crippen LogP contribution < -0.4 is 9.80 Å². The number of nitrogens with zero attached hydrogens (tertiary/aromatic N) is 2. The number of benzene rings is 7. The molecule has 7 aromatic carbocycles. The largest absolute Gasteiger partial charge is 0.310 e. The Kier molecular flexibility index (Phi) is 8.25. The average molecular weight is 673 g/mol. The first kappa shape index (κ1) is 30.9. The minimum absolute atomic E-state index is 1.09. The highest BCUT2D eigenvalue weighted by Gasteiger charge is 2.22. The Hall–Kier alpha value is -6.16. The number of para-hydroxylation sites is 2. The highest BCUT2D eigenvalue weighted by molar-refractivity contribution is 7.20. The Labute approximate surface area is 303 Å².